The Morgan fingerprint density at radius 2 is 2.00 bits per heavy atom. The van der Waals surface area contributed by atoms with Crippen molar-refractivity contribution in [1.29, 1.82) is 0 Å². The number of anilines is 1. The SMILES string of the molecule is CC(=O)c1ccc(Cn2cc(NC(=O)/C=C/c3ccc(Cl)cc3)cn2)o1. The summed E-state index contributed by atoms with van der Waals surface area (Å²) in [5.41, 5.74) is 1.44. The maximum absolute atomic E-state index is 12.0. The largest absolute Gasteiger partial charge is 0.456 e. The number of benzene rings is 1. The Morgan fingerprint density at radius 1 is 1.23 bits per heavy atom. The molecule has 2 aromatic heterocycles. The molecule has 0 unspecified atom stereocenters. The molecule has 0 aliphatic heterocycles. The van der Waals surface area contributed by atoms with Crippen molar-refractivity contribution >= 4 is 35.1 Å². The van der Waals surface area contributed by atoms with Crippen LogP contribution in [0.2, 0.25) is 5.02 Å². The summed E-state index contributed by atoms with van der Waals surface area (Å²) >= 11 is 5.82. The van der Waals surface area contributed by atoms with Gasteiger partial charge in [0.25, 0.3) is 0 Å². The zero-order valence-electron chi connectivity index (χ0n) is 14.0. The van der Waals surface area contributed by atoms with E-state index in [0.717, 1.165) is 5.56 Å². The zero-order chi connectivity index (χ0) is 18.5. The van der Waals surface area contributed by atoms with Crippen LogP contribution in [0.5, 0.6) is 0 Å². The second-order valence-corrected chi connectivity index (χ2v) is 6.06. The molecule has 3 rings (SSSR count). The van der Waals surface area contributed by atoms with Gasteiger partial charge in [0.2, 0.25) is 5.91 Å². The van der Waals surface area contributed by atoms with Crippen LogP contribution in [0.25, 0.3) is 6.08 Å². The Bertz CT molecular complexity index is 955. The van der Waals surface area contributed by atoms with Crippen molar-refractivity contribution in [2.24, 2.45) is 0 Å². The molecule has 26 heavy (non-hydrogen) atoms. The molecule has 0 bridgehead atoms. The van der Waals surface area contributed by atoms with Gasteiger partial charge in [-0.2, -0.15) is 5.10 Å². The third-order valence-electron chi connectivity index (χ3n) is 3.52. The van der Waals surface area contributed by atoms with E-state index < -0.39 is 0 Å². The van der Waals surface area contributed by atoms with Gasteiger partial charge in [-0.3, -0.25) is 14.3 Å². The van der Waals surface area contributed by atoms with Crippen LogP contribution in [-0.2, 0) is 11.3 Å². The minimum absolute atomic E-state index is 0.128. The first-order chi connectivity index (χ1) is 12.5. The molecule has 132 valence electrons. The van der Waals surface area contributed by atoms with Gasteiger partial charge >= 0.3 is 0 Å². The Labute approximate surface area is 155 Å². The highest BCUT2D eigenvalue weighted by Crippen LogP contribution is 2.13. The van der Waals surface area contributed by atoms with Gasteiger partial charge in [0.1, 0.15) is 5.76 Å². The molecule has 1 aromatic carbocycles. The highest BCUT2D eigenvalue weighted by molar-refractivity contribution is 6.30. The fourth-order valence-electron chi connectivity index (χ4n) is 2.26. The standard InChI is InChI=1S/C19H16ClN3O3/c1-13(24)18-8-7-17(26-18)12-23-11-16(10-21-23)22-19(25)9-4-14-2-5-15(20)6-3-14/h2-11H,12H2,1H3,(H,22,25)/b9-4+. The van der Waals surface area contributed by atoms with E-state index in [2.05, 4.69) is 10.4 Å². The van der Waals surface area contributed by atoms with E-state index >= 15 is 0 Å². The number of nitrogens with zero attached hydrogens (tertiary/aromatic N) is 2. The van der Waals surface area contributed by atoms with Crippen molar-refractivity contribution in [1.82, 2.24) is 9.78 Å². The third-order valence-corrected chi connectivity index (χ3v) is 3.78. The highest BCUT2D eigenvalue weighted by atomic mass is 35.5. The molecule has 2 heterocycles. The number of nitrogens with one attached hydrogen (secondary N) is 1. The van der Waals surface area contributed by atoms with Crippen LogP contribution in [-0.4, -0.2) is 21.5 Å². The molecule has 0 saturated carbocycles. The van der Waals surface area contributed by atoms with Crippen molar-refractivity contribution in [2.75, 3.05) is 5.32 Å². The first-order valence-electron chi connectivity index (χ1n) is 7.86. The van der Waals surface area contributed by atoms with E-state index in [1.54, 1.807) is 47.4 Å². The third kappa shape index (κ3) is 4.70. The van der Waals surface area contributed by atoms with Crippen molar-refractivity contribution in [3.05, 3.63) is 77.0 Å². The van der Waals surface area contributed by atoms with Gasteiger partial charge in [-0.15, -0.1) is 0 Å². The summed E-state index contributed by atoms with van der Waals surface area (Å²) in [7, 11) is 0. The molecule has 0 radical (unpaired) electrons. The van der Waals surface area contributed by atoms with E-state index in [0.29, 0.717) is 28.8 Å². The van der Waals surface area contributed by atoms with E-state index in [1.165, 1.54) is 13.0 Å². The molecule has 0 spiro atoms. The predicted molar refractivity (Wildman–Crippen MR) is 99.2 cm³/mol. The van der Waals surface area contributed by atoms with E-state index in [1.807, 2.05) is 12.1 Å². The van der Waals surface area contributed by atoms with Crippen molar-refractivity contribution in [3.8, 4) is 0 Å². The molecule has 6 nitrogen and oxygen atoms in total. The molecule has 0 saturated heterocycles. The molecule has 3 aromatic rings. The van der Waals surface area contributed by atoms with Gasteiger partial charge in [0.15, 0.2) is 11.5 Å². The van der Waals surface area contributed by atoms with Crippen LogP contribution in [0.15, 0.2) is 59.3 Å². The lowest BCUT2D eigenvalue weighted by Gasteiger charge is -1.99. The summed E-state index contributed by atoms with van der Waals surface area (Å²) in [4.78, 5) is 23.2. The van der Waals surface area contributed by atoms with Crippen LogP contribution in [0.4, 0.5) is 5.69 Å². The zero-order valence-corrected chi connectivity index (χ0v) is 14.7. The van der Waals surface area contributed by atoms with Crippen molar-refractivity contribution < 1.29 is 14.0 Å². The van der Waals surface area contributed by atoms with Gasteiger partial charge in [-0.1, -0.05) is 23.7 Å². The van der Waals surface area contributed by atoms with E-state index in [4.69, 9.17) is 16.0 Å². The topological polar surface area (TPSA) is 77.1 Å². The second-order valence-electron chi connectivity index (χ2n) is 5.62. The molecular weight excluding hydrogens is 354 g/mol. The van der Waals surface area contributed by atoms with Gasteiger partial charge in [-0.25, -0.2) is 0 Å². The molecule has 0 fully saturated rings. The summed E-state index contributed by atoms with van der Waals surface area (Å²) in [5, 5.41) is 7.54. The first-order valence-corrected chi connectivity index (χ1v) is 8.24. The summed E-state index contributed by atoms with van der Waals surface area (Å²) < 4.78 is 7.03. The molecule has 0 aliphatic rings. The molecule has 0 aliphatic carbocycles. The van der Waals surface area contributed by atoms with E-state index in [-0.39, 0.29) is 11.7 Å². The molecule has 0 atom stereocenters. The van der Waals surface area contributed by atoms with Crippen LogP contribution in [0, 0.1) is 0 Å². The number of hydrogen-bond acceptors (Lipinski definition) is 4. The molecule has 1 amide bonds. The number of hydrogen-bond donors (Lipinski definition) is 1. The number of carbonyl (C=O) groups is 2. The Morgan fingerprint density at radius 3 is 2.69 bits per heavy atom. The Kier molecular flexibility index (Phi) is 5.34. The number of Topliss-reactive ketones (excluding diaryl/α,β-unsaturated/α-hetero) is 1. The summed E-state index contributed by atoms with van der Waals surface area (Å²) in [6.45, 7) is 1.81. The number of rotatable bonds is 6. The van der Waals surface area contributed by atoms with Crippen LogP contribution >= 0.6 is 11.6 Å². The maximum atomic E-state index is 12.0. The smallest absolute Gasteiger partial charge is 0.248 e. The Balaban J connectivity index is 1.57. The maximum Gasteiger partial charge on any atom is 0.248 e. The summed E-state index contributed by atoms with van der Waals surface area (Å²) in [6, 6.07) is 10.5. The number of ketones is 1. The summed E-state index contributed by atoms with van der Waals surface area (Å²) in [6.07, 6.45) is 6.36. The normalized spacial score (nSPS) is 11.0. The number of carbonyl (C=O) groups excluding carboxylic acids is 2. The lowest BCUT2D eigenvalue weighted by molar-refractivity contribution is -0.111. The number of furan rings is 1. The minimum Gasteiger partial charge on any atom is -0.456 e. The van der Waals surface area contributed by atoms with Gasteiger partial charge in [-0.05, 0) is 35.9 Å². The molecule has 1 N–H and O–H groups in total. The van der Waals surface area contributed by atoms with Gasteiger partial charge < -0.3 is 9.73 Å². The van der Waals surface area contributed by atoms with Crippen molar-refractivity contribution in [2.45, 2.75) is 13.5 Å². The van der Waals surface area contributed by atoms with Crippen LogP contribution in [0.1, 0.15) is 28.8 Å². The van der Waals surface area contributed by atoms with Gasteiger partial charge in [0, 0.05) is 24.2 Å². The second kappa shape index (κ2) is 7.84. The fraction of sp³-hybridized carbons (Fsp3) is 0.105. The van der Waals surface area contributed by atoms with Crippen molar-refractivity contribution in [3.63, 3.8) is 0 Å². The van der Waals surface area contributed by atoms with Crippen LogP contribution in [0.3, 0.4) is 0 Å². The first kappa shape index (κ1) is 17.7. The van der Waals surface area contributed by atoms with Gasteiger partial charge in [0.05, 0.1) is 18.4 Å². The number of aromatic nitrogens is 2. The number of amides is 1. The fourth-order valence-corrected chi connectivity index (χ4v) is 2.38. The number of halogens is 1. The lowest BCUT2D eigenvalue weighted by atomic mass is 10.2. The monoisotopic (exact) mass is 369 g/mol. The van der Waals surface area contributed by atoms with E-state index in [9.17, 15) is 9.59 Å². The molecule has 7 heteroatoms. The minimum atomic E-state index is -0.267. The predicted octanol–water partition coefficient (Wildman–Crippen LogP) is 4.03. The summed E-state index contributed by atoms with van der Waals surface area (Å²) in [5.74, 6) is 0.528. The molecular formula is C19H16ClN3O3. The highest BCUT2D eigenvalue weighted by Gasteiger charge is 2.08. The average Bonchev–Trinajstić information content (AvgIpc) is 3.24. The average molecular weight is 370 g/mol. The Hall–Kier alpha value is -3.12. The van der Waals surface area contributed by atoms with Crippen LogP contribution < -0.4 is 5.32 Å². The lowest BCUT2D eigenvalue weighted by Crippen LogP contribution is -2.07. The quantitative estimate of drug-likeness (QED) is 0.525.